The van der Waals surface area contributed by atoms with Gasteiger partial charge in [-0.15, -0.1) is 0 Å². The van der Waals surface area contributed by atoms with Crippen molar-refractivity contribution in [3.63, 3.8) is 0 Å². The summed E-state index contributed by atoms with van der Waals surface area (Å²) in [4.78, 5) is 41.9. The first-order valence-corrected chi connectivity index (χ1v) is 7.13. The zero-order chi connectivity index (χ0) is 15.4. The summed E-state index contributed by atoms with van der Waals surface area (Å²) in [5.41, 5.74) is 1.62. The molecule has 1 aromatic carbocycles. The lowest BCUT2D eigenvalue weighted by molar-refractivity contribution is -0.134. The van der Waals surface area contributed by atoms with E-state index in [9.17, 15) is 14.4 Å². The van der Waals surface area contributed by atoms with Crippen molar-refractivity contribution in [2.24, 2.45) is 0 Å². The number of aromatic nitrogens is 1. The van der Waals surface area contributed by atoms with Crippen LogP contribution < -0.4 is 10.2 Å². The van der Waals surface area contributed by atoms with Gasteiger partial charge in [-0.25, -0.2) is 4.98 Å². The highest BCUT2D eigenvalue weighted by atomic mass is 16.2. The van der Waals surface area contributed by atoms with Crippen molar-refractivity contribution in [1.82, 2.24) is 10.3 Å². The van der Waals surface area contributed by atoms with Gasteiger partial charge < -0.3 is 0 Å². The number of hydrogen-bond acceptors (Lipinski definition) is 4. The third-order valence-corrected chi connectivity index (χ3v) is 4.32. The fourth-order valence-electron chi connectivity index (χ4n) is 3.23. The van der Waals surface area contributed by atoms with Crippen molar-refractivity contribution in [2.75, 3.05) is 4.90 Å². The van der Waals surface area contributed by atoms with Crippen molar-refractivity contribution in [3.05, 3.63) is 35.5 Å². The molecule has 1 N–H and O–H groups in total. The minimum Gasteiger partial charge on any atom is -0.295 e. The lowest BCUT2D eigenvalue weighted by Crippen LogP contribution is -2.53. The predicted octanol–water partition coefficient (Wildman–Crippen LogP) is 1.31. The summed E-state index contributed by atoms with van der Waals surface area (Å²) in [5.74, 6) is -0.454. The summed E-state index contributed by atoms with van der Waals surface area (Å²) in [5, 5.41) is 4.05. The molecule has 3 amide bonds. The van der Waals surface area contributed by atoms with Gasteiger partial charge in [-0.2, -0.15) is 0 Å². The maximum atomic E-state index is 12.7. The van der Waals surface area contributed by atoms with Gasteiger partial charge in [0.2, 0.25) is 11.8 Å². The van der Waals surface area contributed by atoms with E-state index in [4.69, 9.17) is 0 Å². The summed E-state index contributed by atoms with van der Waals surface area (Å²) in [7, 11) is 0. The molecule has 1 atom stereocenters. The number of imide groups is 1. The quantitative estimate of drug-likeness (QED) is 0.804. The molecular weight excluding hydrogens is 282 g/mol. The number of carbonyl (C=O) groups is 3. The zero-order valence-electron chi connectivity index (χ0n) is 11.9. The van der Waals surface area contributed by atoms with Crippen molar-refractivity contribution < 1.29 is 14.4 Å². The third-order valence-electron chi connectivity index (χ3n) is 4.32. The number of benzene rings is 1. The van der Waals surface area contributed by atoms with E-state index in [1.807, 2.05) is 19.1 Å². The predicted molar refractivity (Wildman–Crippen MR) is 79.5 cm³/mol. The maximum Gasteiger partial charge on any atom is 0.260 e. The number of carbonyl (C=O) groups excluding carboxylic acids is 3. The second-order valence-electron chi connectivity index (χ2n) is 5.63. The van der Waals surface area contributed by atoms with Crippen LogP contribution in [0.3, 0.4) is 0 Å². The summed E-state index contributed by atoms with van der Waals surface area (Å²) < 4.78 is 0. The number of piperidine rings is 1. The smallest absolute Gasteiger partial charge is 0.260 e. The van der Waals surface area contributed by atoms with Gasteiger partial charge in [0, 0.05) is 18.0 Å². The van der Waals surface area contributed by atoms with E-state index in [0.717, 1.165) is 16.3 Å². The SMILES string of the molecule is Cc1ccc2c3c(nccc13)N(C1CCC(=O)NC1=O)C2=O. The van der Waals surface area contributed by atoms with E-state index in [0.29, 0.717) is 17.8 Å². The normalized spacial score (nSPS) is 20.7. The number of amides is 3. The lowest BCUT2D eigenvalue weighted by Gasteiger charge is -2.29. The molecule has 1 unspecified atom stereocenters. The van der Waals surface area contributed by atoms with E-state index in [1.54, 1.807) is 12.3 Å². The Morgan fingerprint density at radius 3 is 2.82 bits per heavy atom. The Morgan fingerprint density at radius 1 is 1.23 bits per heavy atom. The fourth-order valence-corrected chi connectivity index (χ4v) is 3.23. The topological polar surface area (TPSA) is 79.4 Å². The van der Waals surface area contributed by atoms with Crippen LogP contribution in [0.4, 0.5) is 5.82 Å². The Bertz CT molecular complexity index is 859. The Labute approximate surface area is 126 Å². The molecule has 0 radical (unpaired) electrons. The molecule has 6 heteroatoms. The van der Waals surface area contributed by atoms with Crippen LogP contribution in [-0.4, -0.2) is 28.7 Å². The van der Waals surface area contributed by atoms with Crippen molar-refractivity contribution in [2.45, 2.75) is 25.8 Å². The van der Waals surface area contributed by atoms with Crippen LogP contribution in [0.25, 0.3) is 10.8 Å². The number of aryl methyl sites for hydroxylation is 1. The van der Waals surface area contributed by atoms with Crippen molar-refractivity contribution in [3.8, 4) is 0 Å². The average Bonchev–Trinajstić information content (AvgIpc) is 2.77. The van der Waals surface area contributed by atoms with Crippen molar-refractivity contribution in [1.29, 1.82) is 0 Å². The second-order valence-corrected chi connectivity index (χ2v) is 5.63. The van der Waals surface area contributed by atoms with Gasteiger partial charge in [-0.05, 0) is 36.4 Å². The molecule has 2 aromatic rings. The highest BCUT2D eigenvalue weighted by Crippen LogP contribution is 2.38. The highest BCUT2D eigenvalue weighted by Gasteiger charge is 2.41. The number of nitrogens with one attached hydrogen (secondary N) is 1. The first-order chi connectivity index (χ1) is 10.6. The fraction of sp³-hybridized carbons (Fsp3) is 0.250. The number of hydrogen-bond donors (Lipinski definition) is 1. The monoisotopic (exact) mass is 295 g/mol. The van der Waals surface area contributed by atoms with Crippen LogP contribution in [-0.2, 0) is 9.59 Å². The Kier molecular flexibility index (Phi) is 2.57. The van der Waals surface area contributed by atoms with E-state index in [1.165, 1.54) is 4.90 Å². The molecule has 0 saturated carbocycles. The Balaban J connectivity index is 1.89. The average molecular weight is 295 g/mol. The molecule has 110 valence electrons. The Morgan fingerprint density at radius 2 is 2.05 bits per heavy atom. The van der Waals surface area contributed by atoms with Gasteiger partial charge in [0.15, 0.2) is 0 Å². The van der Waals surface area contributed by atoms with Gasteiger partial charge in [0.05, 0.1) is 5.56 Å². The molecule has 1 fully saturated rings. The minimum atomic E-state index is -0.684. The molecule has 3 heterocycles. The molecule has 0 spiro atoms. The zero-order valence-corrected chi connectivity index (χ0v) is 11.9. The first kappa shape index (κ1) is 12.9. The number of anilines is 1. The Hall–Kier alpha value is -2.76. The summed E-state index contributed by atoms with van der Waals surface area (Å²) in [6.07, 6.45) is 2.19. The van der Waals surface area contributed by atoms with E-state index >= 15 is 0 Å². The van der Waals surface area contributed by atoms with Crippen LogP contribution in [0.5, 0.6) is 0 Å². The van der Waals surface area contributed by atoms with Crippen LogP contribution in [0, 0.1) is 6.92 Å². The van der Waals surface area contributed by atoms with E-state index < -0.39 is 11.9 Å². The molecule has 22 heavy (non-hydrogen) atoms. The number of nitrogens with zero attached hydrogens (tertiary/aromatic N) is 2. The second kappa shape index (κ2) is 4.37. The minimum absolute atomic E-state index is 0.228. The van der Waals surface area contributed by atoms with Gasteiger partial charge in [-0.3, -0.25) is 24.6 Å². The molecule has 6 nitrogen and oxygen atoms in total. The summed E-state index contributed by atoms with van der Waals surface area (Å²) in [6, 6.07) is 4.86. The van der Waals surface area contributed by atoms with E-state index in [-0.39, 0.29) is 18.2 Å². The molecule has 4 rings (SSSR count). The van der Waals surface area contributed by atoms with Gasteiger partial charge >= 0.3 is 0 Å². The summed E-state index contributed by atoms with van der Waals surface area (Å²) in [6.45, 7) is 1.97. The molecule has 0 aliphatic carbocycles. The molecule has 1 saturated heterocycles. The van der Waals surface area contributed by atoms with Crippen molar-refractivity contribution >= 4 is 34.3 Å². The largest absolute Gasteiger partial charge is 0.295 e. The third kappa shape index (κ3) is 1.60. The van der Waals surface area contributed by atoms with Crippen LogP contribution in [0.1, 0.15) is 28.8 Å². The van der Waals surface area contributed by atoms with E-state index in [2.05, 4.69) is 10.3 Å². The lowest BCUT2D eigenvalue weighted by atomic mass is 10.0. The standard InChI is InChI=1S/C16H13N3O3/c1-8-2-3-10-13-9(8)6-7-17-14(13)19(16(10)22)11-4-5-12(20)18-15(11)21/h2-3,6-7,11H,4-5H2,1H3,(H,18,20,21). The summed E-state index contributed by atoms with van der Waals surface area (Å²) >= 11 is 0. The highest BCUT2D eigenvalue weighted by molar-refractivity contribution is 6.26. The number of pyridine rings is 1. The van der Waals surface area contributed by atoms with Gasteiger partial charge in [0.25, 0.3) is 5.91 Å². The van der Waals surface area contributed by atoms with Crippen LogP contribution in [0.15, 0.2) is 24.4 Å². The molecule has 2 aliphatic heterocycles. The molecule has 2 aliphatic rings. The molecular formula is C16H13N3O3. The maximum absolute atomic E-state index is 12.7. The first-order valence-electron chi connectivity index (χ1n) is 7.13. The molecule has 1 aromatic heterocycles. The van der Waals surface area contributed by atoms with Gasteiger partial charge in [-0.1, -0.05) is 6.07 Å². The van der Waals surface area contributed by atoms with Gasteiger partial charge in [0.1, 0.15) is 11.9 Å². The van der Waals surface area contributed by atoms with Crippen LogP contribution in [0.2, 0.25) is 0 Å². The molecule has 0 bridgehead atoms. The number of rotatable bonds is 1. The van der Waals surface area contributed by atoms with Crippen LogP contribution >= 0.6 is 0 Å².